The largest absolute Gasteiger partial charge is 0.480 e. The zero-order valence-corrected chi connectivity index (χ0v) is 13.1. The highest BCUT2D eigenvalue weighted by atomic mass is 16.5. The molecule has 1 amide bonds. The molecule has 0 N–H and O–H groups in total. The predicted octanol–water partition coefficient (Wildman–Crippen LogP) is 2.35. The van der Waals surface area contributed by atoms with Crippen molar-refractivity contribution in [3.8, 4) is 11.8 Å². The molecule has 0 saturated carbocycles. The second kappa shape index (κ2) is 7.81. The van der Waals surface area contributed by atoms with Gasteiger partial charge in [0.05, 0.1) is 11.7 Å². The third-order valence-corrected chi connectivity index (χ3v) is 3.75. The molecule has 1 aliphatic heterocycles. The van der Waals surface area contributed by atoms with Crippen molar-refractivity contribution in [1.82, 2.24) is 4.90 Å². The van der Waals surface area contributed by atoms with E-state index in [0.717, 1.165) is 19.4 Å². The predicted molar refractivity (Wildman–Crippen MR) is 82.5 cm³/mol. The molecule has 1 fully saturated rings. The van der Waals surface area contributed by atoms with Crippen LogP contribution in [0.1, 0.15) is 32.3 Å². The van der Waals surface area contributed by atoms with Gasteiger partial charge in [0.2, 0.25) is 0 Å². The Morgan fingerprint density at radius 2 is 2.27 bits per heavy atom. The van der Waals surface area contributed by atoms with Gasteiger partial charge < -0.3 is 14.4 Å². The Balaban J connectivity index is 1.98. The van der Waals surface area contributed by atoms with E-state index in [1.165, 1.54) is 0 Å². The highest BCUT2D eigenvalue weighted by Gasteiger charge is 2.28. The maximum absolute atomic E-state index is 12.5. The Bertz CT molecular complexity index is 551. The number of likely N-dealkylation sites (tertiary alicyclic amines) is 1. The Morgan fingerprint density at radius 3 is 3.00 bits per heavy atom. The average Bonchev–Trinajstić information content (AvgIpc) is 2.55. The first-order chi connectivity index (χ1) is 10.7. The van der Waals surface area contributed by atoms with E-state index >= 15 is 0 Å². The van der Waals surface area contributed by atoms with Gasteiger partial charge in [0, 0.05) is 19.7 Å². The molecule has 1 aromatic rings. The van der Waals surface area contributed by atoms with Gasteiger partial charge in [0.25, 0.3) is 5.91 Å². The van der Waals surface area contributed by atoms with Crippen molar-refractivity contribution in [2.75, 3.05) is 19.7 Å². The molecule has 0 bridgehead atoms. The molecule has 5 heteroatoms. The van der Waals surface area contributed by atoms with E-state index in [2.05, 4.69) is 6.07 Å². The number of nitriles is 1. The third kappa shape index (κ3) is 3.99. The van der Waals surface area contributed by atoms with Crippen molar-refractivity contribution in [3.05, 3.63) is 29.8 Å². The number of rotatable bonds is 5. The van der Waals surface area contributed by atoms with Crippen LogP contribution in [-0.4, -0.2) is 42.7 Å². The zero-order valence-electron chi connectivity index (χ0n) is 13.1. The van der Waals surface area contributed by atoms with Crippen molar-refractivity contribution >= 4 is 5.91 Å². The molecule has 5 nitrogen and oxygen atoms in total. The maximum Gasteiger partial charge on any atom is 0.263 e. The molecule has 1 heterocycles. The number of amides is 1. The highest BCUT2D eigenvalue weighted by Crippen LogP contribution is 2.20. The summed E-state index contributed by atoms with van der Waals surface area (Å²) in [5.74, 6) is 0.390. The van der Waals surface area contributed by atoms with Crippen LogP contribution in [0.25, 0.3) is 0 Å². The van der Waals surface area contributed by atoms with Gasteiger partial charge in [-0.15, -0.1) is 0 Å². The number of hydrogen-bond acceptors (Lipinski definition) is 4. The highest BCUT2D eigenvalue weighted by molar-refractivity contribution is 5.81. The van der Waals surface area contributed by atoms with Crippen molar-refractivity contribution in [3.63, 3.8) is 0 Å². The van der Waals surface area contributed by atoms with Gasteiger partial charge in [-0.1, -0.05) is 12.1 Å². The molecule has 1 aromatic carbocycles. The maximum atomic E-state index is 12.5. The molecule has 0 radical (unpaired) electrons. The first-order valence-electron chi connectivity index (χ1n) is 7.71. The fourth-order valence-corrected chi connectivity index (χ4v) is 2.67. The smallest absolute Gasteiger partial charge is 0.263 e. The van der Waals surface area contributed by atoms with E-state index in [9.17, 15) is 4.79 Å². The number of para-hydroxylation sites is 1. The molecule has 0 spiro atoms. The summed E-state index contributed by atoms with van der Waals surface area (Å²) < 4.78 is 11.3. The minimum atomic E-state index is -0.616. The van der Waals surface area contributed by atoms with Crippen molar-refractivity contribution in [2.24, 2.45) is 0 Å². The molecule has 22 heavy (non-hydrogen) atoms. The molecule has 2 atom stereocenters. The lowest BCUT2D eigenvalue weighted by Crippen LogP contribution is -2.48. The summed E-state index contributed by atoms with van der Waals surface area (Å²) >= 11 is 0. The van der Waals surface area contributed by atoms with Crippen LogP contribution in [0.15, 0.2) is 24.3 Å². The summed E-state index contributed by atoms with van der Waals surface area (Å²) in [5, 5.41) is 9.07. The Kier molecular flexibility index (Phi) is 5.79. The van der Waals surface area contributed by atoms with Gasteiger partial charge in [-0.3, -0.25) is 4.79 Å². The summed E-state index contributed by atoms with van der Waals surface area (Å²) in [7, 11) is 0. The number of ether oxygens (including phenoxy) is 2. The number of benzene rings is 1. The fourth-order valence-electron chi connectivity index (χ4n) is 2.67. The van der Waals surface area contributed by atoms with Crippen LogP contribution in [0.3, 0.4) is 0 Å². The van der Waals surface area contributed by atoms with E-state index < -0.39 is 6.10 Å². The van der Waals surface area contributed by atoms with Gasteiger partial charge in [0.1, 0.15) is 11.8 Å². The molecular formula is C17H22N2O3. The van der Waals surface area contributed by atoms with Crippen molar-refractivity contribution < 1.29 is 14.3 Å². The van der Waals surface area contributed by atoms with Crippen LogP contribution in [0.2, 0.25) is 0 Å². The van der Waals surface area contributed by atoms with Gasteiger partial charge in [-0.2, -0.15) is 5.26 Å². The average molecular weight is 302 g/mol. The third-order valence-electron chi connectivity index (χ3n) is 3.75. The van der Waals surface area contributed by atoms with E-state index in [1.54, 1.807) is 36.1 Å². The van der Waals surface area contributed by atoms with E-state index in [-0.39, 0.29) is 12.0 Å². The van der Waals surface area contributed by atoms with Crippen molar-refractivity contribution in [2.45, 2.75) is 38.9 Å². The summed E-state index contributed by atoms with van der Waals surface area (Å²) in [5.41, 5.74) is 0.438. The number of carbonyl (C=O) groups excluding carboxylic acids is 1. The van der Waals surface area contributed by atoms with Gasteiger partial charge >= 0.3 is 0 Å². The second-order valence-corrected chi connectivity index (χ2v) is 5.37. The standard InChI is InChI=1S/C17H22N2O3/c1-3-21-15-8-6-10-19(12-15)17(20)13(2)22-16-9-5-4-7-14(16)11-18/h4-5,7,9,13,15H,3,6,8,10,12H2,1-2H3/t13-,15-/m1/s1. The molecule has 118 valence electrons. The molecule has 1 aliphatic rings. The van der Waals surface area contributed by atoms with Crippen LogP contribution >= 0.6 is 0 Å². The molecule has 2 rings (SSSR count). The minimum Gasteiger partial charge on any atom is -0.480 e. The number of piperidine rings is 1. The summed E-state index contributed by atoms with van der Waals surface area (Å²) in [4.78, 5) is 14.3. The minimum absolute atomic E-state index is 0.0582. The summed E-state index contributed by atoms with van der Waals surface area (Å²) in [6, 6.07) is 9.03. The molecule has 1 saturated heterocycles. The van der Waals surface area contributed by atoms with Crippen LogP contribution in [0.5, 0.6) is 5.75 Å². The molecular weight excluding hydrogens is 280 g/mol. The Labute approximate surface area is 131 Å². The SMILES string of the molecule is CCO[C@@H]1CCCN(C(=O)[C@@H](C)Oc2ccccc2C#N)C1. The monoisotopic (exact) mass is 302 g/mol. The lowest BCUT2D eigenvalue weighted by molar-refractivity contribution is -0.142. The van der Waals surface area contributed by atoms with Crippen LogP contribution in [0, 0.1) is 11.3 Å². The lowest BCUT2D eigenvalue weighted by atomic mass is 10.1. The summed E-state index contributed by atoms with van der Waals surface area (Å²) in [6.45, 7) is 5.69. The Morgan fingerprint density at radius 1 is 1.50 bits per heavy atom. The summed E-state index contributed by atoms with van der Waals surface area (Å²) in [6.07, 6.45) is 1.43. The molecule has 0 unspecified atom stereocenters. The molecule has 0 aromatic heterocycles. The van der Waals surface area contributed by atoms with Gasteiger partial charge in [-0.25, -0.2) is 0 Å². The van der Waals surface area contributed by atoms with Gasteiger partial charge in [-0.05, 0) is 38.8 Å². The topological polar surface area (TPSA) is 62.6 Å². The van der Waals surface area contributed by atoms with Crippen LogP contribution in [0.4, 0.5) is 0 Å². The zero-order chi connectivity index (χ0) is 15.9. The van der Waals surface area contributed by atoms with Crippen LogP contribution in [-0.2, 0) is 9.53 Å². The quantitative estimate of drug-likeness (QED) is 0.837. The van der Waals surface area contributed by atoms with Crippen LogP contribution < -0.4 is 4.74 Å². The first-order valence-corrected chi connectivity index (χ1v) is 7.71. The van der Waals surface area contributed by atoms with E-state index in [4.69, 9.17) is 14.7 Å². The number of hydrogen-bond donors (Lipinski definition) is 0. The van der Waals surface area contributed by atoms with E-state index in [0.29, 0.717) is 24.5 Å². The number of nitrogens with zero attached hydrogens (tertiary/aromatic N) is 2. The number of carbonyl (C=O) groups is 1. The molecule has 0 aliphatic carbocycles. The van der Waals surface area contributed by atoms with Crippen molar-refractivity contribution in [1.29, 1.82) is 5.26 Å². The van der Waals surface area contributed by atoms with E-state index in [1.807, 2.05) is 6.92 Å². The first kappa shape index (κ1) is 16.3. The lowest BCUT2D eigenvalue weighted by Gasteiger charge is -2.34. The fraction of sp³-hybridized carbons (Fsp3) is 0.529. The second-order valence-electron chi connectivity index (χ2n) is 5.37. The normalized spacial score (nSPS) is 19.3. The Hall–Kier alpha value is -2.06. The van der Waals surface area contributed by atoms with Gasteiger partial charge in [0.15, 0.2) is 6.10 Å².